The van der Waals surface area contributed by atoms with E-state index in [-0.39, 0.29) is 16.8 Å². The number of carbonyl (C=O) groups excluding carboxylic acids is 1. The minimum Gasteiger partial charge on any atom is -0.399 e. The van der Waals surface area contributed by atoms with Crippen LogP contribution in [0.4, 0.5) is 10.1 Å². The summed E-state index contributed by atoms with van der Waals surface area (Å²) in [5, 5.41) is 0. The van der Waals surface area contributed by atoms with Gasteiger partial charge in [-0.05, 0) is 46.3 Å². The molecule has 0 unspecified atom stereocenters. The second-order valence-corrected chi connectivity index (χ2v) is 5.38. The Hall–Kier alpha value is -2.41. The van der Waals surface area contributed by atoms with Crippen molar-refractivity contribution in [3.63, 3.8) is 0 Å². The zero-order chi connectivity index (χ0) is 15.1. The molecule has 0 aliphatic rings. The predicted octanol–water partition coefficient (Wildman–Crippen LogP) is 2.57. The Balaban J connectivity index is 2.19. The van der Waals surface area contributed by atoms with Crippen LogP contribution >= 0.6 is 15.9 Å². The van der Waals surface area contributed by atoms with Gasteiger partial charge in [-0.15, -0.1) is 0 Å². The molecule has 0 aliphatic carbocycles. The molecule has 0 fully saturated rings. The zero-order valence-electron chi connectivity index (χ0n) is 10.5. The van der Waals surface area contributed by atoms with Crippen molar-refractivity contribution in [1.82, 2.24) is 9.97 Å². The average Bonchev–Trinajstić information content (AvgIpc) is 2.79. The van der Waals surface area contributed by atoms with Crippen molar-refractivity contribution in [2.45, 2.75) is 0 Å². The summed E-state index contributed by atoms with van der Waals surface area (Å²) >= 11 is 3.26. The Bertz CT molecular complexity index is 930. The topological polar surface area (TPSA) is 91.7 Å². The molecule has 5 nitrogen and oxygen atoms in total. The van der Waals surface area contributed by atoms with Crippen molar-refractivity contribution in [1.29, 1.82) is 0 Å². The van der Waals surface area contributed by atoms with E-state index in [1.54, 1.807) is 6.07 Å². The number of imidazole rings is 1. The summed E-state index contributed by atoms with van der Waals surface area (Å²) in [5.74, 6) is -1.17. The molecule has 3 aromatic rings. The van der Waals surface area contributed by atoms with Gasteiger partial charge in [0, 0.05) is 15.7 Å². The quantitative estimate of drug-likeness (QED) is 0.490. The van der Waals surface area contributed by atoms with Crippen LogP contribution in [0.2, 0.25) is 0 Å². The van der Waals surface area contributed by atoms with Crippen LogP contribution in [0.1, 0.15) is 15.9 Å². The van der Waals surface area contributed by atoms with E-state index in [9.17, 15) is 14.0 Å². The van der Waals surface area contributed by atoms with Gasteiger partial charge in [-0.1, -0.05) is 0 Å². The summed E-state index contributed by atoms with van der Waals surface area (Å²) in [6.45, 7) is 0. The number of nitrogens with one attached hydrogen (secondary N) is 2. The molecule has 0 saturated carbocycles. The molecule has 0 saturated heterocycles. The number of aromatic amines is 2. The first-order chi connectivity index (χ1) is 9.95. The van der Waals surface area contributed by atoms with E-state index < -0.39 is 11.6 Å². The number of fused-ring (bicyclic) bond motifs is 1. The third kappa shape index (κ3) is 2.36. The Kier molecular flexibility index (Phi) is 3.13. The normalized spacial score (nSPS) is 11.0. The standard InChI is InChI=1S/C14H9BrFN3O2/c15-9-5-12-11(18-14(21)19-12)4-7(9)13(20)8-3-6(17)1-2-10(8)16/h1-5H,17H2,(H2,18,19,21). The summed E-state index contributed by atoms with van der Waals surface area (Å²) < 4.78 is 14.3. The van der Waals surface area contributed by atoms with E-state index >= 15 is 0 Å². The third-order valence-corrected chi connectivity index (χ3v) is 3.74. The monoisotopic (exact) mass is 349 g/mol. The molecule has 7 heteroatoms. The van der Waals surface area contributed by atoms with Crippen LogP contribution < -0.4 is 11.4 Å². The fourth-order valence-corrected chi connectivity index (χ4v) is 2.62. The smallest absolute Gasteiger partial charge is 0.323 e. The molecule has 0 spiro atoms. The molecule has 2 aromatic carbocycles. The Morgan fingerprint density at radius 2 is 1.76 bits per heavy atom. The van der Waals surface area contributed by atoms with E-state index in [2.05, 4.69) is 25.9 Å². The summed E-state index contributed by atoms with van der Waals surface area (Å²) in [5.41, 5.74) is 6.65. The van der Waals surface area contributed by atoms with Crippen LogP contribution in [-0.2, 0) is 0 Å². The molecular weight excluding hydrogens is 341 g/mol. The predicted molar refractivity (Wildman–Crippen MR) is 80.9 cm³/mol. The summed E-state index contributed by atoms with van der Waals surface area (Å²) in [6, 6.07) is 6.89. The van der Waals surface area contributed by atoms with E-state index in [4.69, 9.17) is 5.73 Å². The minimum absolute atomic E-state index is 0.118. The van der Waals surface area contributed by atoms with Crippen molar-refractivity contribution in [3.8, 4) is 0 Å². The maximum atomic E-state index is 13.8. The molecule has 0 bridgehead atoms. The van der Waals surface area contributed by atoms with Crippen LogP contribution in [0.3, 0.4) is 0 Å². The maximum Gasteiger partial charge on any atom is 0.323 e. The molecule has 0 amide bonds. The van der Waals surface area contributed by atoms with E-state index in [1.165, 1.54) is 18.2 Å². The lowest BCUT2D eigenvalue weighted by molar-refractivity contribution is 0.103. The number of anilines is 1. The first-order valence-electron chi connectivity index (χ1n) is 5.97. The van der Waals surface area contributed by atoms with Crippen LogP contribution in [0.15, 0.2) is 39.6 Å². The van der Waals surface area contributed by atoms with Crippen molar-refractivity contribution in [2.75, 3.05) is 5.73 Å². The second-order valence-electron chi connectivity index (χ2n) is 4.53. The first kappa shape index (κ1) is 13.6. The van der Waals surface area contributed by atoms with Crippen molar-refractivity contribution >= 4 is 38.4 Å². The lowest BCUT2D eigenvalue weighted by Crippen LogP contribution is -2.06. The van der Waals surface area contributed by atoms with Crippen LogP contribution in [0, 0.1) is 5.82 Å². The number of hydrogen-bond donors (Lipinski definition) is 3. The minimum atomic E-state index is -0.649. The van der Waals surface area contributed by atoms with Crippen LogP contribution in [-0.4, -0.2) is 15.8 Å². The highest BCUT2D eigenvalue weighted by molar-refractivity contribution is 9.10. The highest BCUT2D eigenvalue weighted by atomic mass is 79.9. The summed E-state index contributed by atoms with van der Waals surface area (Å²) in [4.78, 5) is 28.9. The van der Waals surface area contributed by atoms with Gasteiger partial charge in [0.05, 0.1) is 16.6 Å². The molecule has 1 heterocycles. The molecular formula is C14H9BrFN3O2. The number of halogens is 2. The fraction of sp³-hybridized carbons (Fsp3) is 0. The number of nitrogens with two attached hydrogens (primary N) is 1. The van der Waals surface area contributed by atoms with Gasteiger partial charge in [-0.2, -0.15) is 0 Å². The number of aromatic nitrogens is 2. The molecule has 0 aliphatic heterocycles. The first-order valence-corrected chi connectivity index (χ1v) is 6.76. The van der Waals surface area contributed by atoms with Crippen molar-refractivity contribution in [3.05, 3.63) is 62.2 Å². The van der Waals surface area contributed by atoms with Crippen LogP contribution in [0.25, 0.3) is 11.0 Å². The van der Waals surface area contributed by atoms with E-state index in [0.29, 0.717) is 21.2 Å². The molecule has 4 N–H and O–H groups in total. The lowest BCUT2D eigenvalue weighted by Gasteiger charge is -2.06. The second kappa shape index (κ2) is 4.85. The summed E-state index contributed by atoms with van der Waals surface area (Å²) in [7, 11) is 0. The largest absolute Gasteiger partial charge is 0.399 e. The number of nitrogen functional groups attached to an aromatic ring is 1. The Morgan fingerprint density at radius 3 is 2.48 bits per heavy atom. The number of carbonyl (C=O) groups is 1. The van der Waals surface area contributed by atoms with Gasteiger partial charge in [-0.3, -0.25) is 4.79 Å². The fourth-order valence-electron chi connectivity index (χ4n) is 2.09. The number of H-pyrrole nitrogens is 2. The van der Waals surface area contributed by atoms with Gasteiger partial charge in [0.15, 0.2) is 5.78 Å². The van der Waals surface area contributed by atoms with Crippen molar-refractivity contribution < 1.29 is 9.18 Å². The Labute approximate surface area is 126 Å². The average molecular weight is 350 g/mol. The van der Waals surface area contributed by atoms with Crippen LogP contribution in [0.5, 0.6) is 0 Å². The zero-order valence-corrected chi connectivity index (χ0v) is 12.1. The van der Waals surface area contributed by atoms with Gasteiger partial charge in [-0.25, -0.2) is 9.18 Å². The van der Waals surface area contributed by atoms with Gasteiger partial charge in [0.25, 0.3) is 0 Å². The van der Waals surface area contributed by atoms with Gasteiger partial charge >= 0.3 is 5.69 Å². The molecule has 21 heavy (non-hydrogen) atoms. The highest BCUT2D eigenvalue weighted by Gasteiger charge is 2.18. The molecule has 1 aromatic heterocycles. The van der Waals surface area contributed by atoms with E-state index in [0.717, 1.165) is 6.07 Å². The molecule has 0 radical (unpaired) electrons. The maximum absolute atomic E-state index is 13.8. The van der Waals surface area contributed by atoms with Gasteiger partial charge < -0.3 is 15.7 Å². The molecule has 3 rings (SSSR count). The number of rotatable bonds is 2. The molecule has 106 valence electrons. The lowest BCUT2D eigenvalue weighted by atomic mass is 10.0. The SMILES string of the molecule is Nc1ccc(F)c(C(=O)c2cc3[nH]c(=O)[nH]c3cc2Br)c1. The van der Waals surface area contributed by atoms with Crippen molar-refractivity contribution in [2.24, 2.45) is 0 Å². The third-order valence-electron chi connectivity index (χ3n) is 3.08. The van der Waals surface area contributed by atoms with E-state index in [1.807, 2.05) is 0 Å². The number of ketones is 1. The molecule has 0 atom stereocenters. The number of benzene rings is 2. The highest BCUT2D eigenvalue weighted by Crippen LogP contribution is 2.25. The Morgan fingerprint density at radius 1 is 1.10 bits per heavy atom. The van der Waals surface area contributed by atoms with Gasteiger partial charge in [0.1, 0.15) is 5.82 Å². The number of hydrogen-bond acceptors (Lipinski definition) is 3. The van der Waals surface area contributed by atoms with Gasteiger partial charge in [0.2, 0.25) is 0 Å². The summed E-state index contributed by atoms with van der Waals surface area (Å²) in [6.07, 6.45) is 0.